The van der Waals surface area contributed by atoms with E-state index >= 15 is 0 Å². The summed E-state index contributed by atoms with van der Waals surface area (Å²) in [5, 5.41) is 2.88. The Morgan fingerprint density at radius 1 is 1.45 bits per heavy atom. The molecule has 3 N–H and O–H groups in total. The molecule has 1 fully saturated rings. The Morgan fingerprint density at radius 3 is 2.85 bits per heavy atom. The maximum atomic E-state index is 12.1. The van der Waals surface area contributed by atoms with Crippen LogP contribution in [0.2, 0.25) is 0 Å². The summed E-state index contributed by atoms with van der Waals surface area (Å²) >= 11 is 0. The van der Waals surface area contributed by atoms with Gasteiger partial charge in [0.05, 0.1) is 6.10 Å². The number of amides is 1. The van der Waals surface area contributed by atoms with Gasteiger partial charge in [-0.05, 0) is 31.4 Å². The van der Waals surface area contributed by atoms with Gasteiger partial charge in [-0.3, -0.25) is 4.79 Å². The predicted molar refractivity (Wildman–Crippen MR) is 77.4 cm³/mol. The summed E-state index contributed by atoms with van der Waals surface area (Å²) in [4.78, 5) is 12.1. The SMILES string of the molecule is CC(OC1CCOCC1)C(=O)Nc1ccccc1CN. The van der Waals surface area contributed by atoms with Crippen molar-refractivity contribution in [2.75, 3.05) is 18.5 Å². The Hall–Kier alpha value is -1.43. The summed E-state index contributed by atoms with van der Waals surface area (Å²) in [6.07, 6.45) is 1.31. The normalized spacial score (nSPS) is 17.7. The second-order valence-electron chi connectivity index (χ2n) is 4.94. The molecule has 110 valence electrons. The minimum absolute atomic E-state index is 0.106. The lowest BCUT2D eigenvalue weighted by Gasteiger charge is -2.25. The van der Waals surface area contributed by atoms with Crippen molar-refractivity contribution >= 4 is 11.6 Å². The van der Waals surface area contributed by atoms with Crippen LogP contribution in [0.3, 0.4) is 0 Å². The number of anilines is 1. The number of carbonyl (C=O) groups excluding carboxylic acids is 1. The summed E-state index contributed by atoms with van der Waals surface area (Å²) in [5.74, 6) is -0.141. The fourth-order valence-corrected chi connectivity index (χ4v) is 2.22. The highest BCUT2D eigenvalue weighted by atomic mass is 16.5. The Labute approximate surface area is 119 Å². The minimum atomic E-state index is -0.482. The number of nitrogens with two attached hydrogens (primary N) is 1. The number of rotatable bonds is 5. The molecule has 1 unspecified atom stereocenters. The molecule has 0 aromatic heterocycles. The molecule has 1 heterocycles. The molecule has 0 aliphatic carbocycles. The predicted octanol–water partition coefficient (Wildman–Crippen LogP) is 1.67. The highest BCUT2D eigenvalue weighted by Crippen LogP contribution is 2.17. The molecule has 5 heteroatoms. The molecule has 1 amide bonds. The van der Waals surface area contributed by atoms with E-state index in [1.165, 1.54) is 0 Å². The van der Waals surface area contributed by atoms with Crippen molar-refractivity contribution in [2.45, 2.75) is 38.5 Å². The first kappa shape index (κ1) is 15.0. The number of ether oxygens (including phenoxy) is 2. The van der Waals surface area contributed by atoms with Crippen LogP contribution in [0.5, 0.6) is 0 Å². The molecule has 20 heavy (non-hydrogen) atoms. The molecule has 1 aliphatic heterocycles. The number of nitrogens with one attached hydrogen (secondary N) is 1. The van der Waals surface area contributed by atoms with Crippen molar-refractivity contribution in [3.05, 3.63) is 29.8 Å². The van der Waals surface area contributed by atoms with Crippen molar-refractivity contribution in [3.8, 4) is 0 Å². The van der Waals surface area contributed by atoms with E-state index in [1.807, 2.05) is 24.3 Å². The first-order valence-corrected chi connectivity index (χ1v) is 7.02. The molecule has 1 saturated heterocycles. The van der Waals surface area contributed by atoms with Crippen molar-refractivity contribution in [3.63, 3.8) is 0 Å². The van der Waals surface area contributed by atoms with Gasteiger partial charge in [-0.25, -0.2) is 0 Å². The van der Waals surface area contributed by atoms with Crippen molar-refractivity contribution in [1.29, 1.82) is 0 Å². The number of hydrogen-bond donors (Lipinski definition) is 2. The number of para-hydroxylation sites is 1. The molecule has 1 atom stereocenters. The highest BCUT2D eigenvalue weighted by Gasteiger charge is 2.21. The standard InChI is InChI=1S/C15H22N2O3/c1-11(20-13-6-8-19-9-7-13)15(18)17-14-5-3-2-4-12(14)10-16/h2-5,11,13H,6-10,16H2,1H3,(H,17,18). The summed E-state index contributed by atoms with van der Waals surface area (Å²) in [7, 11) is 0. The van der Waals surface area contributed by atoms with Crippen LogP contribution in [0.25, 0.3) is 0 Å². The quantitative estimate of drug-likeness (QED) is 0.859. The summed E-state index contributed by atoms with van der Waals surface area (Å²) in [5.41, 5.74) is 7.32. The van der Waals surface area contributed by atoms with Crippen LogP contribution in [-0.4, -0.2) is 31.3 Å². The van der Waals surface area contributed by atoms with Crippen LogP contribution in [-0.2, 0) is 20.8 Å². The van der Waals surface area contributed by atoms with Gasteiger partial charge in [-0.2, -0.15) is 0 Å². The molecular weight excluding hydrogens is 256 g/mol. The summed E-state index contributed by atoms with van der Waals surface area (Å²) in [6, 6.07) is 7.53. The monoisotopic (exact) mass is 278 g/mol. The molecule has 5 nitrogen and oxygen atoms in total. The second-order valence-corrected chi connectivity index (χ2v) is 4.94. The Bertz CT molecular complexity index is 444. The molecule has 0 bridgehead atoms. The molecular formula is C15H22N2O3. The maximum absolute atomic E-state index is 12.1. The lowest BCUT2D eigenvalue weighted by molar-refractivity contribution is -0.133. The lowest BCUT2D eigenvalue weighted by atomic mass is 10.1. The second kappa shape index (κ2) is 7.38. The van der Waals surface area contributed by atoms with Gasteiger partial charge in [0.2, 0.25) is 0 Å². The van der Waals surface area contributed by atoms with Crippen LogP contribution in [0.4, 0.5) is 5.69 Å². The van der Waals surface area contributed by atoms with Gasteiger partial charge < -0.3 is 20.5 Å². The van der Waals surface area contributed by atoms with Gasteiger partial charge >= 0.3 is 0 Å². The molecule has 0 spiro atoms. The van der Waals surface area contributed by atoms with E-state index < -0.39 is 6.10 Å². The third kappa shape index (κ3) is 4.03. The fourth-order valence-electron chi connectivity index (χ4n) is 2.22. The van der Waals surface area contributed by atoms with Crippen LogP contribution in [0.1, 0.15) is 25.3 Å². The first-order chi connectivity index (χ1) is 9.70. The molecule has 1 aromatic rings. The van der Waals surface area contributed by atoms with E-state index in [1.54, 1.807) is 6.92 Å². The van der Waals surface area contributed by atoms with Crippen LogP contribution in [0.15, 0.2) is 24.3 Å². The molecule has 2 rings (SSSR count). The molecule has 1 aliphatic rings. The van der Waals surface area contributed by atoms with E-state index in [0.29, 0.717) is 19.8 Å². The first-order valence-electron chi connectivity index (χ1n) is 7.02. The average Bonchev–Trinajstić information content (AvgIpc) is 2.48. The topological polar surface area (TPSA) is 73.6 Å². The van der Waals surface area contributed by atoms with Gasteiger partial charge in [0.1, 0.15) is 6.10 Å². The number of benzene rings is 1. The third-order valence-corrected chi connectivity index (χ3v) is 3.43. The zero-order valence-corrected chi connectivity index (χ0v) is 11.8. The summed E-state index contributed by atoms with van der Waals surface area (Å²) in [6.45, 7) is 3.57. The lowest BCUT2D eigenvalue weighted by Crippen LogP contribution is -2.34. The van der Waals surface area contributed by atoms with Gasteiger partial charge in [0, 0.05) is 25.4 Å². The van der Waals surface area contributed by atoms with Crippen LogP contribution >= 0.6 is 0 Å². The largest absolute Gasteiger partial charge is 0.381 e. The highest BCUT2D eigenvalue weighted by molar-refractivity contribution is 5.94. The Morgan fingerprint density at radius 2 is 2.15 bits per heavy atom. The summed E-state index contributed by atoms with van der Waals surface area (Å²) < 4.78 is 11.0. The minimum Gasteiger partial charge on any atom is -0.381 e. The fraction of sp³-hybridized carbons (Fsp3) is 0.533. The number of carbonyl (C=O) groups is 1. The van der Waals surface area contributed by atoms with Crippen LogP contribution < -0.4 is 11.1 Å². The zero-order chi connectivity index (χ0) is 14.4. The van der Waals surface area contributed by atoms with Gasteiger partial charge in [-0.1, -0.05) is 18.2 Å². The zero-order valence-electron chi connectivity index (χ0n) is 11.8. The molecule has 0 radical (unpaired) electrons. The number of hydrogen-bond acceptors (Lipinski definition) is 4. The van der Waals surface area contributed by atoms with Gasteiger partial charge in [0.25, 0.3) is 5.91 Å². The Kier molecular flexibility index (Phi) is 5.52. The van der Waals surface area contributed by atoms with E-state index in [2.05, 4.69) is 5.32 Å². The van der Waals surface area contributed by atoms with E-state index in [9.17, 15) is 4.79 Å². The third-order valence-electron chi connectivity index (χ3n) is 3.43. The average molecular weight is 278 g/mol. The van der Waals surface area contributed by atoms with E-state index in [0.717, 1.165) is 24.1 Å². The van der Waals surface area contributed by atoms with Crippen molar-refractivity contribution < 1.29 is 14.3 Å². The molecule has 1 aromatic carbocycles. The Balaban J connectivity index is 1.90. The molecule has 0 saturated carbocycles. The van der Waals surface area contributed by atoms with E-state index in [4.69, 9.17) is 15.2 Å². The van der Waals surface area contributed by atoms with E-state index in [-0.39, 0.29) is 12.0 Å². The van der Waals surface area contributed by atoms with Gasteiger partial charge in [0.15, 0.2) is 0 Å². The smallest absolute Gasteiger partial charge is 0.253 e. The van der Waals surface area contributed by atoms with Crippen molar-refractivity contribution in [2.24, 2.45) is 5.73 Å². The van der Waals surface area contributed by atoms with Crippen LogP contribution in [0, 0.1) is 0 Å². The maximum Gasteiger partial charge on any atom is 0.253 e. The van der Waals surface area contributed by atoms with Gasteiger partial charge in [-0.15, -0.1) is 0 Å². The van der Waals surface area contributed by atoms with Crippen molar-refractivity contribution in [1.82, 2.24) is 0 Å².